The van der Waals surface area contributed by atoms with Gasteiger partial charge in [-0.05, 0) is 45.9 Å². The Balaban J connectivity index is 1.88. The Morgan fingerprint density at radius 1 is 1.10 bits per heavy atom. The highest BCUT2D eigenvalue weighted by atomic mass is 16.5. The molecule has 1 aliphatic heterocycles. The zero-order valence-corrected chi connectivity index (χ0v) is 22.9. The summed E-state index contributed by atoms with van der Waals surface area (Å²) in [4.78, 5) is 42.1. The number of aliphatic hydroxyl groups is 1. The lowest BCUT2D eigenvalue weighted by atomic mass is 10.1. The van der Waals surface area contributed by atoms with Crippen LogP contribution < -0.4 is 11.1 Å². The van der Waals surface area contributed by atoms with E-state index in [0.717, 1.165) is 16.8 Å². The van der Waals surface area contributed by atoms with Crippen molar-refractivity contribution in [1.29, 1.82) is 0 Å². The van der Waals surface area contributed by atoms with Gasteiger partial charge in [0.05, 0.1) is 0 Å². The van der Waals surface area contributed by atoms with Gasteiger partial charge in [-0.25, -0.2) is 9.79 Å². The molecule has 1 aromatic heterocycles. The molecule has 2 amide bonds. The zero-order valence-electron chi connectivity index (χ0n) is 22.9. The minimum Gasteiger partial charge on any atom is -0.480 e. The molecule has 0 aromatic carbocycles. The number of nitrogens with zero attached hydrogens (tertiary/aromatic N) is 1. The number of aliphatic imine (C=N–C) groups is 1. The third-order valence-corrected chi connectivity index (χ3v) is 5.65. The maximum Gasteiger partial charge on any atom is 0.329 e. The lowest BCUT2D eigenvalue weighted by Gasteiger charge is -2.17. The lowest BCUT2D eigenvalue weighted by Crippen LogP contribution is -2.53. The summed E-state index contributed by atoms with van der Waals surface area (Å²) in [5.41, 5.74) is 8.18. The van der Waals surface area contributed by atoms with Gasteiger partial charge in [-0.15, -0.1) is 0 Å². The molecule has 10 nitrogen and oxygen atoms in total. The van der Waals surface area contributed by atoms with E-state index in [0.29, 0.717) is 5.90 Å². The summed E-state index contributed by atoms with van der Waals surface area (Å²) in [7, 11) is 0. The van der Waals surface area contributed by atoms with Gasteiger partial charge in [0.15, 0.2) is 12.1 Å². The molecular weight excluding hydrogens is 512 g/mol. The number of H-pyrrole nitrogens is 1. The number of ether oxygens (including phenoxy) is 1. The molecule has 10 heteroatoms. The number of aliphatic carboxylic acids is 1. The largest absolute Gasteiger partial charge is 0.480 e. The first-order valence-corrected chi connectivity index (χ1v) is 12.6. The number of hydrogen-bond acceptors (Lipinski definition) is 6. The van der Waals surface area contributed by atoms with Crippen LogP contribution in [0.1, 0.15) is 33.4 Å². The standard InChI is InChI=1S/C30H36N4O6/c1-19(17-20(2)18-24-22(4)40-25(33-24)15-14-23-13-10-16-32-23)11-8-6-5-7-9-12-21(3)29(37)34-26(30(38)39)27(35)28(31)36/h5-18,22,24,26-27,32,35H,1-4H3,(H2,31,36)(H,34,37)(H,38,39)/b6-5+,9-7+,11-8+,15-14+,19-17+,20-18+,21-12+/t22-,24-,26?,27?/m1/s1. The predicted molar refractivity (Wildman–Crippen MR) is 155 cm³/mol. The first-order chi connectivity index (χ1) is 19.0. The number of nitrogens with one attached hydrogen (secondary N) is 2. The highest BCUT2D eigenvalue weighted by Gasteiger charge is 2.32. The molecule has 0 aliphatic carbocycles. The molecule has 1 aliphatic rings. The van der Waals surface area contributed by atoms with Crippen LogP contribution in [0.5, 0.6) is 0 Å². The second-order valence-electron chi connectivity index (χ2n) is 9.15. The number of aliphatic hydroxyl groups excluding tert-OH is 1. The molecular formula is C30H36N4O6. The smallest absolute Gasteiger partial charge is 0.329 e. The number of carboxylic acids is 1. The molecule has 0 saturated heterocycles. The number of aromatic amines is 1. The first kappa shape index (κ1) is 31.5. The van der Waals surface area contributed by atoms with Crippen LogP contribution in [0, 0.1) is 0 Å². The van der Waals surface area contributed by atoms with Crippen LogP contribution >= 0.6 is 0 Å². The summed E-state index contributed by atoms with van der Waals surface area (Å²) in [6.45, 7) is 7.47. The van der Waals surface area contributed by atoms with Crippen LogP contribution in [0.2, 0.25) is 0 Å². The SMILES string of the molecule is CC(/C=C/C=C/C=C/C=C(\C)C(=O)NC(C(=O)O)C(O)C(N)=O)=C\C(C)=C\[C@H]1N=C(/C=C/c2ccc[nH]2)O[C@@H]1C. The van der Waals surface area contributed by atoms with Gasteiger partial charge in [0, 0.05) is 23.5 Å². The summed E-state index contributed by atoms with van der Waals surface area (Å²) in [5, 5.41) is 20.7. The molecule has 2 unspecified atom stereocenters. The van der Waals surface area contributed by atoms with E-state index < -0.39 is 29.9 Å². The number of carbonyl (C=O) groups is 3. The zero-order chi connectivity index (χ0) is 29.7. The second-order valence-corrected chi connectivity index (χ2v) is 9.15. The van der Waals surface area contributed by atoms with Crippen molar-refractivity contribution in [1.82, 2.24) is 10.3 Å². The molecule has 0 fully saturated rings. The van der Waals surface area contributed by atoms with E-state index in [1.54, 1.807) is 18.2 Å². The molecule has 212 valence electrons. The summed E-state index contributed by atoms with van der Waals surface area (Å²) >= 11 is 0. The average Bonchev–Trinajstić information content (AvgIpc) is 3.53. The molecule has 2 heterocycles. The number of nitrogens with two attached hydrogens (primary N) is 1. The molecule has 4 atom stereocenters. The van der Waals surface area contributed by atoms with Gasteiger partial charge in [-0.1, -0.05) is 65.8 Å². The van der Waals surface area contributed by atoms with Crippen molar-refractivity contribution in [2.75, 3.05) is 0 Å². The Labute approximate surface area is 233 Å². The number of amides is 2. The molecule has 0 radical (unpaired) electrons. The number of carboxylic acid groups (broad SMARTS) is 1. The third-order valence-electron chi connectivity index (χ3n) is 5.65. The van der Waals surface area contributed by atoms with Crippen LogP contribution in [0.4, 0.5) is 0 Å². The van der Waals surface area contributed by atoms with E-state index in [1.807, 2.05) is 69.5 Å². The van der Waals surface area contributed by atoms with Crippen LogP contribution in [0.25, 0.3) is 6.08 Å². The van der Waals surface area contributed by atoms with Crippen molar-refractivity contribution < 1.29 is 29.3 Å². The summed E-state index contributed by atoms with van der Waals surface area (Å²) in [5.74, 6) is -2.97. The average molecular weight is 549 g/mol. The monoisotopic (exact) mass is 548 g/mol. The normalized spacial score (nSPS) is 20.3. The fraction of sp³-hybridized carbons (Fsp3) is 0.267. The van der Waals surface area contributed by atoms with E-state index in [2.05, 4.69) is 27.4 Å². The van der Waals surface area contributed by atoms with Crippen molar-refractivity contribution >= 4 is 29.8 Å². The van der Waals surface area contributed by atoms with Gasteiger partial charge >= 0.3 is 5.97 Å². The molecule has 0 spiro atoms. The molecule has 1 aromatic rings. The van der Waals surface area contributed by atoms with Crippen molar-refractivity contribution in [3.63, 3.8) is 0 Å². The quantitative estimate of drug-likeness (QED) is 0.187. The van der Waals surface area contributed by atoms with Crippen molar-refractivity contribution in [2.45, 2.75) is 52.0 Å². The van der Waals surface area contributed by atoms with Crippen LogP contribution in [0.15, 0.2) is 101 Å². The molecule has 6 N–H and O–H groups in total. The Kier molecular flexibility index (Phi) is 12.3. The Morgan fingerprint density at radius 3 is 2.45 bits per heavy atom. The minimum atomic E-state index is -2.04. The Morgan fingerprint density at radius 2 is 1.80 bits per heavy atom. The minimum absolute atomic E-state index is 0.0543. The van der Waals surface area contributed by atoms with Gasteiger partial charge < -0.3 is 31.0 Å². The van der Waals surface area contributed by atoms with Crippen LogP contribution in [0.3, 0.4) is 0 Å². The summed E-state index contributed by atoms with van der Waals surface area (Å²) in [6, 6.07) is 1.99. The second kappa shape index (κ2) is 15.6. The summed E-state index contributed by atoms with van der Waals surface area (Å²) < 4.78 is 5.84. The molecule has 0 bridgehead atoms. The highest BCUT2D eigenvalue weighted by molar-refractivity contribution is 5.97. The van der Waals surface area contributed by atoms with Gasteiger partial charge in [0.1, 0.15) is 12.1 Å². The maximum atomic E-state index is 12.1. The van der Waals surface area contributed by atoms with E-state index in [4.69, 9.17) is 15.6 Å². The van der Waals surface area contributed by atoms with Gasteiger partial charge in [-0.3, -0.25) is 9.59 Å². The summed E-state index contributed by atoms with van der Waals surface area (Å²) in [6.07, 6.45) is 19.8. The Hall–Kier alpha value is -4.70. The van der Waals surface area contributed by atoms with Crippen molar-refractivity contribution in [3.8, 4) is 0 Å². The number of aromatic nitrogens is 1. The van der Waals surface area contributed by atoms with Crippen molar-refractivity contribution in [2.24, 2.45) is 10.7 Å². The number of allylic oxidation sites excluding steroid dienone is 10. The fourth-order valence-corrected chi connectivity index (χ4v) is 3.50. The molecule has 0 saturated carbocycles. The van der Waals surface area contributed by atoms with E-state index in [-0.39, 0.29) is 17.7 Å². The predicted octanol–water partition coefficient (Wildman–Crippen LogP) is 3.14. The van der Waals surface area contributed by atoms with E-state index in [1.165, 1.54) is 13.0 Å². The number of carbonyl (C=O) groups excluding carboxylic acids is 2. The van der Waals surface area contributed by atoms with Crippen molar-refractivity contribution in [3.05, 3.63) is 102 Å². The first-order valence-electron chi connectivity index (χ1n) is 12.6. The van der Waals surface area contributed by atoms with Gasteiger partial charge in [-0.2, -0.15) is 0 Å². The van der Waals surface area contributed by atoms with E-state index in [9.17, 15) is 19.5 Å². The van der Waals surface area contributed by atoms with E-state index >= 15 is 0 Å². The third kappa shape index (κ3) is 10.6. The number of primary amides is 1. The molecule has 40 heavy (non-hydrogen) atoms. The highest BCUT2D eigenvalue weighted by Crippen LogP contribution is 2.18. The Bertz CT molecular complexity index is 1300. The fourth-order valence-electron chi connectivity index (χ4n) is 3.50. The molecule has 2 rings (SSSR count). The topological polar surface area (TPSA) is 167 Å². The van der Waals surface area contributed by atoms with Crippen LogP contribution in [-0.4, -0.2) is 63.2 Å². The van der Waals surface area contributed by atoms with Gasteiger partial charge in [0.2, 0.25) is 17.7 Å². The maximum absolute atomic E-state index is 12.1. The lowest BCUT2D eigenvalue weighted by molar-refractivity contribution is -0.148. The number of hydrogen-bond donors (Lipinski definition) is 5. The van der Waals surface area contributed by atoms with Gasteiger partial charge in [0.25, 0.3) is 0 Å². The van der Waals surface area contributed by atoms with Crippen LogP contribution in [-0.2, 0) is 19.1 Å². The number of rotatable bonds is 13.